The summed E-state index contributed by atoms with van der Waals surface area (Å²) >= 11 is 0. The summed E-state index contributed by atoms with van der Waals surface area (Å²) in [5.74, 6) is -6.58. The van der Waals surface area contributed by atoms with Gasteiger partial charge in [0.25, 0.3) is 5.91 Å². The SMILES string of the molecule is COc1c(CC(=O)CNC(C)(C)C)cc(N(C)C)c2c1C1(OCCO1)C1=C(O)[C@@]3(C)[C@@H](C[C@@H]1C2)[C@H](N(C)C)C(OC(C)=O)=C(C(=O)NC(C)=O)C31OCCO1. The molecular weight excluding hydrogens is 712 g/mol. The van der Waals surface area contributed by atoms with Crippen molar-refractivity contribution in [2.24, 2.45) is 17.3 Å². The largest absolute Gasteiger partial charge is 0.511 e. The molecule has 4 atom stereocenters. The summed E-state index contributed by atoms with van der Waals surface area (Å²) in [6.07, 6.45) is 0.887. The lowest BCUT2D eigenvalue weighted by Crippen LogP contribution is -2.67. The number of benzene rings is 1. The van der Waals surface area contributed by atoms with E-state index in [9.17, 15) is 24.3 Å². The van der Waals surface area contributed by atoms with Crippen molar-refractivity contribution in [2.45, 2.75) is 84.0 Å². The zero-order chi connectivity index (χ0) is 40.4. The number of anilines is 1. The molecule has 55 heavy (non-hydrogen) atoms. The lowest BCUT2D eigenvalue weighted by atomic mass is 9.51. The topological polar surface area (TPSA) is 174 Å². The van der Waals surface area contributed by atoms with E-state index in [0.29, 0.717) is 35.3 Å². The van der Waals surface area contributed by atoms with Crippen LogP contribution in [0.2, 0.25) is 0 Å². The van der Waals surface area contributed by atoms with Crippen LogP contribution in [0.25, 0.3) is 0 Å². The number of aliphatic hydroxyl groups is 1. The van der Waals surface area contributed by atoms with E-state index in [1.165, 1.54) is 13.8 Å². The molecule has 1 aromatic carbocycles. The molecule has 2 heterocycles. The van der Waals surface area contributed by atoms with Crippen molar-refractivity contribution in [1.29, 1.82) is 0 Å². The highest BCUT2D eigenvalue weighted by molar-refractivity contribution is 6.05. The number of amides is 2. The molecule has 0 radical (unpaired) electrons. The van der Waals surface area contributed by atoms with Crippen LogP contribution in [0.3, 0.4) is 0 Å². The maximum Gasteiger partial charge on any atom is 0.307 e. The van der Waals surface area contributed by atoms with Crippen molar-refractivity contribution < 1.29 is 52.7 Å². The van der Waals surface area contributed by atoms with Gasteiger partial charge in [0.05, 0.1) is 57.1 Å². The van der Waals surface area contributed by atoms with E-state index in [4.69, 9.17) is 28.4 Å². The first-order valence-corrected chi connectivity index (χ1v) is 18.8. The molecule has 1 aromatic rings. The first-order valence-electron chi connectivity index (χ1n) is 18.8. The molecule has 2 spiro atoms. The van der Waals surface area contributed by atoms with Crippen LogP contribution >= 0.6 is 0 Å². The van der Waals surface area contributed by atoms with Crippen LogP contribution in [0.1, 0.15) is 64.7 Å². The second-order valence-electron chi connectivity index (χ2n) is 16.7. The lowest BCUT2D eigenvalue weighted by Gasteiger charge is -2.60. The van der Waals surface area contributed by atoms with Gasteiger partial charge in [0.15, 0.2) is 5.78 Å². The maximum atomic E-state index is 14.2. The fourth-order valence-electron chi connectivity index (χ4n) is 9.51. The Balaban J connectivity index is 1.64. The van der Waals surface area contributed by atoms with Gasteiger partial charge in [-0.15, -0.1) is 0 Å². The van der Waals surface area contributed by atoms with Gasteiger partial charge < -0.3 is 43.7 Å². The van der Waals surface area contributed by atoms with E-state index < -0.39 is 46.7 Å². The molecule has 0 bridgehead atoms. The van der Waals surface area contributed by atoms with Crippen LogP contribution in [0.4, 0.5) is 5.69 Å². The molecule has 2 fully saturated rings. The van der Waals surface area contributed by atoms with E-state index in [1.54, 1.807) is 28.1 Å². The average molecular weight is 769 g/mol. The second kappa shape index (κ2) is 14.6. The van der Waals surface area contributed by atoms with Crippen LogP contribution in [-0.4, -0.2) is 119 Å². The number of hydrogen-bond acceptors (Lipinski definition) is 14. The van der Waals surface area contributed by atoms with Crippen LogP contribution in [-0.2, 0) is 61.5 Å². The number of ketones is 1. The smallest absolute Gasteiger partial charge is 0.307 e. The van der Waals surface area contributed by atoms with Crippen molar-refractivity contribution in [3.05, 3.63) is 45.4 Å². The van der Waals surface area contributed by atoms with Crippen LogP contribution in [0.15, 0.2) is 28.7 Å². The zero-order valence-corrected chi connectivity index (χ0v) is 33.9. The monoisotopic (exact) mass is 768 g/mol. The van der Waals surface area contributed by atoms with Gasteiger partial charge in [0, 0.05) is 62.6 Å². The number of nitrogens with one attached hydrogen (secondary N) is 2. The molecule has 0 aromatic heterocycles. The number of nitrogens with zero attached hydrogens (tertiary/aromatic N) is 2. The Labute approximate surface area is 322 Å². The summed E-state index contributed by atoms with van der Waals surface area (Å²) in [6.45, 7) is 10.9. The summed E-state index contributed by atoms with van der Waals surface area (Å²) in [5, 5.41) is 18.8. The number of ether oxygens (including phenoxy) is 6. The molecule has 6 rings (SSSR count). The highest BCUT2D eigenvalue weighted by Gasteiger charge is 2.73. The van der Waals surface area contributed by atoms with Gasteiger partial charge in [0.1, 0.15) is 22.8 Å². The average Bonchev–Trinajstić information content (AvgIpc) is 3.76. The minimum Gasteiger partial charge on any atom is -0.511 e. The van der Waals surface area contributed by atoms with E-state index in [1.807, 2.05) is 50.7 Å². The minimum atomic E-state index is -2.00. The molecule has 5 aliphatic rings. The molecule has 3 N–H and O–H groups in total. The Kier molecular flexibility index (Phi) is 10.8. The number of imide groups is 1. The third-order valence-electron chi connectivity index (χ3n) is 11.5. The fourth-order valence-corrected chi connectivity index (χ4v) is 9.51. The molecule has 0 saturated carbocycles. The fraction of sp³-hybridized carbons (Fsp3) is 0.650. The summed E-state index contributed by atoms with van der Waals surface area (Å²) in [5.41, 5.74) is 1.38. The van der Waals surface area contributed by atoms with Crippen molar-refractivity contribution >= 4 is 29.3 Å². The number of hydrogen-bond donors (Lipinski definition) is 3. The Hall–Kier alpha value is -3.86. The van der Waals surface area contributed by atoms with Crippen LogP contribution < -0.4 is 20.3 Å². The number of esters is 1. The van der Waals surface area contributed by atoms with Gasteiger partial charge >= 0.3 is 5.97 Å². The Morgan fingerprint density at radius 1 is 1.00 bits per heavy atom. The van der Waals surface area contributed by atoms with E-state index >= 15 is 0 Å². The summed E-state index contributed by atoms with van der Waals surface area (Å²) in [6, 6.07) is 1.22. The number of aliphatic hydroxyl groups excluding tert-OH is 1. The molecule has 0 unspecified atom stereocenters. The number of likely N-dealkylation sites (N-methyl/N-ethyl adjacent to an activating group) is 1. The van der Waals surface area contributed by atoms with Crippen molar-refractivity contribution in [3.63, 3.8) is 0 Å². The predicted octanol–water partition coefficient (Wildman–Crippen LogP) is 2.64. The lowest BCUT2D eigenvalue weighted by molar-refractivity contribution is -0.245. The van der Waals surface area contributed by atoms with Gasteiger partial charge in [0.2, 0.25) is 17.5 Å². The normalized spacial score (nSPS) is 26.5. The number of methoxy groups -OCH3 is 1. The number of fused-ring (bicyclic) bond motifs is 6. The summed E-state index contributed by atoms with van der Waals surface area (Å²) in [7, 11) is 9.02. The summed E-state index contributed by atoms with van der Waals surface area (Å²) < 4.78 is 38.4. The highest BCUT2D eigenvalue weighted by atomic mass is 16.7. The molecule has 15 heteroatoms. The standard InChI is InChI=1S/C40H56N4O11/c1-21(45)42-36(49)31-34(55-22(2)46)32(44(9)10)27-18-23-17-26-28(43(7)8)19-24(16-25(47)20-41-37(3,4)5)33(50-11)30(26)39(51-12-13-52-39)29(23)35(48)38(27,6)40(31)53-14-15-54-40/h19,23,27,32,41,48H,12-18,20H2,1-11H3,(H,42,45,49)/t23-,27-,32-,38+/m0/s1. The second-order valence-corrected chi connectivity index (χ2v) is 16.7. The predicted molar refractivity (Wildman–Crippen MR) is 200 cm³/mol. The number of carbonyl (C=O) groups is 4. The Morgan fingerprint density at radius 2 is 1.62 bits per heavy atom. The van der Waals surface area contributed by atoms with Crippen LogP contribution in [0, 0.1) is 17.3 Å². The van der Waals surface area contributed by atoms with E-state index in [2.05, 4.69) is 10.6 Å². The van der Waals surface area contributed by atoms with Crippen molar-refractivity contribution in [3.8, 4) is 5.75 Å². The Bertz CT molecular complexity index is 1830. The number of Topliss-reactive ketones (excluding diaryl/α,β-unsaturated/α-hetero) is 1. The highest BCUT2D eigenvalue weighted by Crippen LogP contribution is 2.67. The van der Waals surface area contributed by atoms with Gasteiger partial charge in [-0.05, 0) is 72.2 Å². The van der Waals surface area contributed by atoms with Gasteiger partial charge in [-0.2, -0.15) is 0 Å². The van der Waals surface area contributed by atoms with Gasteiger partial charge in [-0.3, -0.25) is 29.4 Å². The molecule has 2 saturated heterocycles. The molecular formula is C40H56N4O11. The zero-order valence-electron chi connectivity index (χ0n) is 33.9. The molecule has 3 aliphatic carbocycles. The number of rotatable bonds is 9. The first kappa shape index (κ1) is 40.8. The Morgan fingerprint density at radius 3 is 2.15 bits per heavy atom. The summed E-state index contributed by atoms with van der Waals surface area (Å²) in [4.78, 5) is 56.6. The van der Waals surface area contributed by atoms with E-state index in [0.717, 1.165) is 11.3 Å². The third-order valence-corrected chi connectivity index (χ3v) is 11.5. The molecule has 15 nitrogen and oxygen atoms in total. The third kappa shape index (κ3) is 6.56. The first-order chi connectivity index (χ1) is 25.7. The number of carbonyl (C=O) groups excluding carboxylic acids is 4. The molecule has 2 aliphatic heterocycles. The van der Waals surface area contributed by atoms with Crippen LogP contribution in [0.5, 0.6) is 5.75 Å². The van der Waals surface area contributed by atoms with Gasteiger partial charge in [-0.25, -0.2) is 0 Å². The maximum absolute atomic E-state index is 14.2. The minimum absolute atomic E-state index is 0.0120. The van der Waals surface area contributed by atoms with Crippen molar-refractivity contribution in [2.75, 3.05) is 73.2 Å². The molecule has 302 valence electrons. The van der Waals surface area contributed by atoms with E-state index in [-0.39, 0.29) is 73.7 Å². The van der Waals surface area contributed by atoms with Crippen molar-refractivity contribution in [1.82, 2.24) is 15.5 Å². The molecule has 2 amide bonds. The quantitative estimate of drug-likeness (QED) is 0.313. The van der Waals surface area contributed by atoms with Gasteiger partial charge in [-0.1, -0.05) is 0 Å².